The number of piperidine rings is 1. The average Bonchev–Trinajstić information content (AvgIpc) is 2.75. The fourth-order valence-corrected chi connectivity index (χ4v) is 3.05. The van der Waals surface area contributed by atoms with Crippen LogP contribution in [0.3, 0.4) is 0 Å². The van der Waals surface area contributed by atoms with Crippen molar-refractivity contribution in [2.75, 3.05) is 13.1 Å². The summed E-state index contributed by atoms with van der Waals surface area (Å²) in [6, 6.07) is 0.697. The fraction of sp³-hybridized carbons (Fsp3) is 0.692. The highest BCUT2D eigenvalue weighted by atomic mass is 15.2. The molecule has 0 amide bonds. The predicted octanol–water partition coefficient (Wildman–Crippen LogP) is 1.84. The van der Waals surface area contributed by atoms with Crippen molar-refractivity contribution in [3.63, 3.8) is 0 Å². The van der Waals surface area contributed by atoms with Gasteiger partial charge in [-0.1, -0.05) is 0 Å². The first-order chi connectivity index (χ1) is 7.66. The monoisotopic (exact) mass is 217 g/mol. The van der Waals surface area contributed by atoms with Crippen LogP contribution in [0.4, 0.5) is 0 Å². The molecule has 1 aromatic rings. The molecule has 2 fully saturated rings. The van der Waals surface area contributed by atoms with Gasteiger partial charge in [0.15, 0.2) is 0 Å². The van der Waals surface area contributed by atoms with Gasteiger partial charge in [0.25, 0.3) is 0 Å². The summed E-state index contributed by atoms with van der Waals surface area (Å²) < 4.78 is 0. The van der Waals surface area contributed by atoms with Crippen molar-refractivity contribution in [2.45, 2.75) is 32.7 Å². The maximum atomic E-state index is 4.30. The van der Waals surface area contributed by atoms with Gasteiger partial charge in [-0.25, -0.2) is 9.97 Å². The molecule has 2 atom stereocenters. The Hall–Kier alpha value is -0.960. The molecule has 0 aromatic carbocycles. The van der Waals surface area contributed by atoms with Crippen LogP contribution in [0, 0.1) is 18.8 Å². The van der Waals surface area contributed by atoms with Crippen molar-refractivity contribution < 1.29 is 0 Å². The van der Waals surface area contributed by atoms with Gasteiger partial charge in [-0.15, -0.1) is 0 Å². The third-order valence-electron chi connectivity index (χ3n) is 4.14. The van der Waals surface area contributed by atoms with Gasteiger partial charge in [0.1, 0.15) is 5.82 Å². The van der Waals surface area contributed by atoms with E-state index in [1.165, 1.54) is 18.7 Å². The fourth-order valence-electron chi connectivity index (χ4n) is 3.05. The molecule has 1 aliphatic carbocycles. The zero-order valence-corrected chi connectivity index (χ0v) is 10.2. The van der Waals surface area contributed by atoms with Crippen molar-refractivity contribution >= 4 is 0 Å². The highest BCUT2D eigenvalue weighted by Gasteiger charge is 2.56. The summed E-state index contributed by atoms with van der Waals surface area (Å²) in [7, 11) is 0. The second-order valence-electron chi connectivity index (χ2n) is 5.46. The van der Waals surface area contributed by atoms with Gasteiger partial charge >= 0.3 is 0 Å². The van der Waals surface area contributed by atoms with Gasteiger partial charge in [-0.2, -0.15) is 0 Å². The molecule has 0 spiro atoms. The third kappa shape index (κ3) is 1.54. The maximum absolute atomic E-state index is 4.30. The Morgan fingerprint density at radius 1 is 1.19 bits per heavy atom. The zero-order valence-electron chi connectivity index (χ0n) is 10.2. The van der Waals surface area contributed by atoms with Crippen molar-refractivity contribution in [1.29, 1.82) is 0 Å². The van der Waals surface area contributed by atoms with Crippen LogP contribution in [-0.4, -0.2) is 34.0 Å². The number of fused-ring (bicyclic) bond motifs is 1. The Balaban J connectivity index is 1.68. The number of hydrogen-bond acceptors (Lipinski definition) is 3. The lowest BCUT2D eigenvalue weighted by molar-refractivity contribution is 0.243. The van der Waals surface area contributed by atoms with Crippen LogP contribution < -0.4 is 0 Å². The lowest BCUT2D eigenvalue weighted by atomic mass is 10.1. The zero-order chi connectivity index (χ0) is 11.3. The number of rotatable bonds is 2. The molecule has 86 valence electrons. The molecule has 0 bridgehead atoms. The second-order valence-corrected chi connectivity index (χ2v) is 5.46. The summed E-state index contributed by atoms with van der Waals surface area (Å²) >= 11 is 0. The number of aromatic nitrogens is 2. The first-order valence-electron chi connectivity index (χ1n) is 6.19. The van der Waals surface area contributed by atoms with E-state index in [0.29, 0.717) is 6.04 Å². The first-order valence-corrected chi connectivity index (χ1v) is 6.19. The molecule has 3 rings (SSSR count). The van der Waals surface area contributed by atoms with Gasteiger partial charge in [0, 0.05) is 31.5 Å². The average molecular weight is 217 g/mol. The predicted molar refractivity (Wildman–Crippen MR) is 63.2 cm³/mol. The molecule has 2 unspecified atom stereocenters. The van der Waals surface area contributed by atoms with E-state index >= 15 is 0 Å². The van der Waals surface area contributed by atoms with Gasteiger partial charge in [-0.05, 0) is 44.1 Å². The second kappa shape index (κ2) is 3.52. The van der Waals surface area contributed by atoms with E-state index in [9.17, 15) is 0 Å². The number of hydrogen-bond donors (Lipinski definition) is 0. The first kappa shape index (κ1) is 10.2. The highest BCUT2D eigenvalue weighted by Crippen LogP contribution is 2.58. The summed E-state index contributed by atoms with van der Waals surface area (Å²) in [6.45, 7) is 9.04. The Morgan fingerprint density at radius 3 is 2.25 bits per heavy atom. The molecule has 16 heavy (non-hydrogen) atoms. The summed E-state index contributed by atoms with van der Waals surface area (Å²) in [5.74, 6) is 3.36. The maximum Gasteiger partial charge on any atom is 0.125 e. The van der Waals surface area contributed by atoms with E-state index in [4.69, 9.17) is 0 Å². The van der Waals surface area contributed by atoms with Crippen molar-refractivity contribution in [2.24, 2.45) is 11.8 Å². The molecular formula is C13H19N3. The highest BCUT2D eigenvalue weighted by molar-refractivity contribution is 5.26. The van der Waals surface area contributed by atoms with Crippen LogP contribution >= 0.6 is 0 Å². The lowest BCUT2D eigenvalue weighted by Crippen LogP contribution is -2.31. The molecule has 3 heteroatoms. The summed E-state index contributed by atoms with van der Waals surface area (Å²) in [4.78, 5) is 11.2. The molecule has 0 radical (unpaired) electrons. The van der Waals surface area contributed by atoms with Crippen LogP contribution in [0.5, 0.6) is 0 Å². The third-order valence-corrected chi connectivity index (χ3v) is 4.14. The minimum atomic E-state index is 0.697. The standard InChI is InChI=1S/C13H19N3/c1-8(2)16-6-11-12(7-16)13(11)10-4-14-9(3)15-5-10/h4-5,8,11-13H,6-7H2,1-3H3. The van der Waals surface area contributed by atoms with Crippen LogP contribution in [0.15, 0.2) is 12.4 Å². The van der Waals surface area contributed by atoms with Gasteiger partial charge in [0.05, 0.1) is 0 Å². The van der Waals surface area contributed by atoms with Crippen molar-refractivity contribution in [3.8, 4) is 0 Å². The van der Waals surface area contributed by atoms with E-state index in [1.54, 1.807) is 0 Å². The number of aryl methyl sites for hydroxylation is 1. The van der Waals surface area contributed by atoms with Crippen molar-refractivity contribution in [3.05, 3.63) is 23.8 Å². The smallest absolute Gasteiger partial charge is 0.125 e. The van der Waals surface area contributed by atoms with Gasteiger partial charge in [-0.3, -0.25) is 0 Å². The summed E-state index contributed by atoms with van der Waals surface area (Å²) in [5, 5.41) is 0. The Bertz CT molecular complexity index is 373. The Morgan fingerprint density at radius 2 is 1.75 bits per heavy atom. The van der Waals surface area contributed by atoms with E-state index in [2.05, 4.69) is 28.7 Å². The molecule has 3 nitrogen and oxygen atoms in total. The van der Waals surface area contributed by atoms with E-state index < -0.39 is 0 Å². The normalized spacial score (nSPS) is 33.1. The van der Waals surface area contributed by atoms with Gasteiger partial charge < -0.3 is 4.90 Å². The lowest BCUT2D eigenvalue weighted by Gasteiger charge is -2.23. The molecule has 0 N–H and O–H groups in total. The van der Waals surface area contributed by atoms with Crippen LogP contribution in [-0.2, 0) is 0 Å². The molecule has 1 saturated heterocycles. The van der Waals surface area contributed by atoms with E-state index in [0.717, 1.165) is 23.6 Å². The van der Waals surface area contributed by atoms with Crippen LogP contribution in [0.25, 0.3) is 0 Å². The molecular weight excluding hydrogens is 198 g/mol. The molecule has 1 aromatic heterocycles. The molecule has 2 heterocycles. The van der Waals surface area contributed by atoms with E-state index in [-0.39, 0.29) is 0 Å². The Labute approximate surface area is 96.9 Å². The number of likely N-dealkylation sites (tertiary alicyclic amines) is 1. The largest absolute Gasteiger partial charge is 0.300 e. The van der Waals surface area contributed by atoms with Gasteiger partial charge in [0.2, 0.25) is 0 Å². The quantitative estimate of drug-likeness (QED) is 0.757. The van der Waals surface area contributed by atoms with Crippen LogP contribution in [0.2, 0.25) is 0 Å². The SMILES string of the molecule is Cc1ncc(C2C3CN(C(C)C)CC32)cn1. The molecule has 1 saturated carbocycles. The summed E-state index contributed by atoms with van der Waals surface area (Å²) in [5.41, 5.74) is 1.35. The minimum Gasteiger partial charge on any atom is -0.300 e. The topological polar surface area (TPSA) is 29.0 Å². The Kier molecular flexibility index (Phi) is 2.25. The molecule has 1 aliphatic heterocycles. The van der Waals surface area contributed by atoms with Crippen LogP contribution in [0.1, 0.15) is 31.2 Å². The minimum absolute atomic E-state index is 0.697. The number of nitrogens with zero attached hydrogens (tertiary/aromatic N) is 3. The molecule has 2 aliphatic rings. The van der Waals surface area contributed by atoms with Crippen molar-refractivity contribution in [1.82, 2.24) is 14.9 Å². The van der Waals surface area contributed by atoms with E-state index in [1.807, 2.05) is 19.3 Å². The summed E-state index contributed by atoms with van der Waals surface area (Å²) in [6.07, 6.45) is 4.04.